The summed E-state index contributed by atoms with van der Waals surface area (Å²) in [4.78, 5) is 19.8. The van der Waals surface area contributed by atoms with Gasteiger partial charge < -0.3 is 4.52 Å². The van der Waals surface area contributed by atoms with E-state index in [4.69, 9.17) is 4.89 Å². The monoisotopic (exact) mass is 194 g/mol. The summed E-state index contributed by atoms with van der Waals surface area (Å²) in [5.74, 6) is -0.991. The Balaban J connectivity index is 2.65. The van der Waals surface area contributed by atoms with E-state index in [1.807, 2.05) is 0 Å². The molecule has 1 fully saturated rings. The minimum Gasteiger partial charge on any atom is -0.370 e. The normalized spacial score (nSPS) is 38.2. The first-order valence-corrected chi connectivity index (χ1v) is 5.21. The maximum Gasteiger partial charge on any atom is 0.529 e. The van der Waals surface area contributed by atoms with Crippen LogP contribution in [0.4, 0.5) is 0 Å². The van der Waals surface area contributed by atoms with E-state index < -0.39 is 13.8 Å². The van der Waals surface area contributed by atoms with Gasteiger partial charge in [0.2, 0.25) is 0 Å². The van der Waals surface area contributed by atoms with Gasteiger partial charge in [-0.25, -0.2) is 4.57 Å². The maximum absolute atomic E-state index is 10.9. The van der Waals surface area contributed by atoms with Crippen molar-refractivity contribution in [2.24, 2.45) is 5.92 Å². The molecule has 1 N–H and O–H groups in total. The van der Waals surface area contributed by atoms with Gasteiger partial charge in [-0.2, -0.15) is 0 Å². The van der Waals surface area contributed by atoms with Crippen LogP contribution in [0.3, 0.4) is 0 Å². The second-order valence-electron chi connectivity index (χ2n) is 2.76. The molecule has 1 saturated heterocycles. The second-order valence-corrected chi connectivity index (χ2v) is 4.13. The molecule has 0 bridgehead atoms. The molecule has 0 aliphatic carbocycles. The van der Waals surface area contributed by atoms with Crippen molar-refractivity contribution in [2.45, 2.75) is 19.8 Å². The van der Waals surface area contributed by atoms with E-state index in [0.717, 1.165) is 0 Å². The number of carbonyl (C=O) groups excluding carboxylic acids is 1. The Kier molecular flexibility index (Phi) is 2.88. The zero-order valence-corrected chi connectivity index (χ0v) is 7.62. The Hall–Kier alpha value is -0.380. The Morgan fingerprint density at radius 1 is 1.67 bits per heavy atom. The molecule has 5 nitrogen and oxygen atoms in total. The smallest absolute Gasteiger partial charge is 0.370 e. The zero-order chi connectivity index (χ0) is 9.19. The summed E-state index contributed by atoms with van der Waals surface area (Å²) in [6.07, 6.45) is 1.22. The van der Waals surface area contributed by atoms with Gasteiger partial charge in [0.1, 0.15) is 0 Å². The molecule has 1 heterocycles. The SMILES string of the molecule is CC1CCCOP(=O)(O)OC1=O. The lowest BCUT2D eigenvalue weighted by atomic mass is 10.1. The number of carbonyl (C=O) groups is 1. The van der Waals surface area contributed by atoms with Gasteiger partial charge in [-0.05, 0) is 12.8 Å². The third kappa shape index (κ3) is 2.59. The van der Waals surface area contributed by atoms with Gasteiger partial charge in [0, 0.05) is 0 Å². The van der Waals surface area contributed by atoms with Crippen molar-refractivity contribution in [1.29, 1.82) is 0 Å². The summed E-state index contributed by atoms with van der Waals surface area (Å²) in [6.45, 7) is 1.82. The maximum atomic E-state index is 10.9. The first kappa shape index (κ1) is 9.71. The predicted molar refractivity (Wildman–Crippen MR) is 40.3 cm³/mol. The fourth-order valence-electron chi connectivity index (χ4n) is 0.917. The standard InChI is InChI=1S/C6H11O5P/c1-5-3-2-4-10-12(8,9)11-6(5)7/h5H,2-4H2,1H3,(H,8,9). The highest BCUT2D eigenvalue weighted by molar-refractivity contribution is 7.48. The molecule has 0 aromatic heterocycles. The molecule has 1 aliphatic heterocycles. The molecule has 0 saturated carbocycles. The van der Waals surface area contributed by atoms with Crippen LogP contribution in [0.5, 0.6) is 0 Å². The van der Waals surface area contributed by atoms with Gasteiger partial charge in [-0.1, -0.05) is 6.92 Å². The van der Waals surface area contributed by atoms with E-state index in [2.05, 4.69) is 9.05 Å². The van der Waals surface area contributed by atoms with Gasteiger partial charge in [-0.15, -0.1) is 0 Å². The van der Waals surface area contributed by atoms with Crippen molar-refractivity contribution in [3.63, 3.8) is 0 Å². The third-order valence-electron chi connectivity index (χ3n) is 1.64. The van der Waals surface area contributed by atoms with Gasteiger partial charge in [0.25, 0.3) is 0 Å². The first-order chi connectivity index (χ1) is 5.51. The summed E-state index contributed by atoms with van der Waals surface area (Å²) in [5, 5.41) is 0. The minimum absolute atomic E-state index is 0.158. The number of phosphoric acid groups is 1. The fraction of sp³-hybridized carbons (Fsp3) is 0.833. The van der Waals surface area contributed by atoms with E-state index in [9.17, 15) is 9.36 Å². The largest absolute Gasteiger partial charge is 0.529 e. The summed E-state index contributed by atoms with van der Waals surface area (Å²) >= 11 is 0. The van der Waals surface area contributed by atoms with Gasteiger partial charge in [0.15, 0.2) is 0 Å². The average Bonchev–Trinajstić information content (AvgIpc) is 1.95. The Morgan fingerprint density at radius 2 is 2.33 bits per heavy atom. The van der Waals surface area contributed by atoms with Crippen LogP contribution in [0, 0.1) is 5.92 Å². The Bertz CT molecular complexity index is 226. The lowest BCUT2D eigenvalue weighted by Crippen LogP contribution is -2.17. The first-order valence-electron chi connectivity index (χ1n) is 3.72. The van der Waals surface area contributed by atoms with Gasteiger partial charge in [-0.3, -0.25) is 14.2 Å². The van der Waals surface area contributed by atoms with Crippen LogP contribution >= 0.6 is 7.82 Å². The molecule has 1 rings (SSSR count). The quantitative estimate of drug-likeness (QED) is 0.584. The van der Waals surface area contributed by atoms with Crippen LogP contribution < -0.4 is 0 Å². The molecule has 0 aromatic carbocycles. The molecule has 0 aromatic rings. The van der Waals surface area contributed by atoms with Crippen molar-refractivity contribution in [3.8, 4) is 0 Å². The summed E-state index contributed by atoms with van der Waals surface area (Å²) in [6, 6.07) is 0. The van der Waals surface area contributed by atoms with E-state index in [1.165, 1.54) is 0 Å². The molecule has 2 unspecified atom stereocenters. The van der Waals surface area contributed by atoms with Crippen LogP contribution in [0.1, 0.15) is 19.8 Å². The van der Waals surface area contributed by atoms with Crippen molar-refractivity contribution < 1.29 is 23.3 Å². The summed E-state index contributed by atoms with van der Waals surface area (Å²) in [5.41, 5.74) is 0. The van der Waals surface area contributed by atoms with Crippen molar-refractivity contribution in [3.05, 3.63) is 0 Å². The molecule has 12 heavy (non-hydrogen) atoms. The number of hydrogen-bond acceptors (Lipinski definition) is 4. The molecule has 1 aliphatic rings. The van der Waals surface area contributed by atoms with Crippen molar-refractivity contribution in [2.75, 3.05) is 6.61 Å². The van der Waals surface area contributed by atoms with Crippen molar-refractivity contribution in [1.82, 2.24) is 0 Å². The number of phosphoric ester groups is 1. The fourth-order valence-corrected chi connectivity index (χ4v) is 1.74. The van der Waals surface area contributed by atoms with Crippen LogP contribution in [-0.4, -0.2) is 17.5 Å². The molecular weight excluding hydrogens is 183 g/mol. The lowest BCUT2D eigenvalue weighted by Gasteiger charge is -2.18. The summed E-state index contributed by atoms with van der Waals surface area (Å²) in [7, 11) is -4.10. The molecule has 2 atom stereocenters. The van der Waals surface area contributed by atoms with E-state index in [0.29, 0.717) is 12.8 Å². The zero-order valence-electron chi connectivity index (χ0n) is 6.73. The predicted octanol–water partition coefficient (Wildman–Crippen LogP) is 1.08. The molecule has 0 amide bonds. The van der Waals surface area contributed by atoms with Crippen molar-refractivity contribution >= 4 is 13.8 Å². The highest BCUT2D eigenvalue weighted by atomic mass is 31.2. The topological polar surface area (TPSA) is 72.8 Å². The molecule has 6 heteroatoms. The number of rotatable bonds is 0. The average molecular weight is 194 g/mol. The molecule has 70 valence electrons. The lowest BCUT2D eigenvalue weighted by molar-refractivity contribution is -0.141. The number of hydrogen-bond donors (Lipinski definition) is 1. The third-order valence-corrected chi connectivity index (χ3v) is 2.56. The van der Waals surface area contributed by atoms with E-state index >= 15 is 0 Å². The van der Waals surface area contributed by atoms with Gasteiger partial charge in [0.05, 0.1) is 12.5 Å². The summed E-state index contributed by atoms with van der Waals surface area (Å²) < 4.78 is 19.6. The highest BCUT2D eigenvalue weighted by Crippen LogP contribution is 2.45. The van der Waals surface area contributed by atoms with E-state index in [1.54, 1.807) is 6.92 Å². The molecular formula is C6H11O5P. The van der Waals surface area contributed by atoms with Crippen LogP contribution in [0.15, 0.2) is 0 Å². The highest BCUT2D eigenvalue weighted by Gasteiger charge is 2.30. The Morgan fingerprint density at radius 3 is 3.00 bits per heavy atom. The van der Waals surface area contributed by atoms with Crippen LogP contribution in [0.25, 0.3) is 0 Å². The minimum atomic E-state index is -4.10. The molecule has 0 radical (unpaired) electrons. The van der Waals surface area contributed by atoms with Crippen LogP contribution in [0.2, 0.25) is 0 Å². The second kappa shape index (κ2) is 3.56. The van der Waals surface area contributed by atoms with Gasteiger partial charge >= 0.3 is 13.8 Å². The molecule has 0 spiro atoms. The van der Waals surface area contributed by atoms with E-state index in [-0.39, 0.29) is 12.5 Å². The van der Waals surface area contributed by atoms with Crippen LogP contribution in [-0.2, 0) is 18.4 Å². The Labute approximate surface area is 70.3 Å².